The molecule has 2 aromatic rings. The molecule has 1 aliphatic rings. The number of nitrogens with one attached hydrogen (secondary N) is 1. The Labute approximate surface area is 154 Å². The fourth-order valence-electron chi connectivity index (χ4n) is 2.98. The van der Waals surface area contributed by atoms with Gasteiger partial charge in [-0.1, -0.05) is 36.4 Å². The quantitative estimate of drug-likeness (QED) is 0.829. The van der Waals surface area contributed by atoms with Crippen molar-refractivity contribution in [1.82, 2.24) is 10.2 Å². The fraction of sp³-hybridized carbons (Fsp3) is 0.381. The molecule has 138 valence electrons. The monoisotopic (exact) mass is 356 g/mol. The van der Waals surface area contributed by atoms with E-state index in [1.807, 2.05) is 0 Å². The first-order valence-electron chi connectivity index (χ1n) is 9.08. The Morgan fingerprint density at radius 1 is 0.962 bits per heavy atom. The normalized spacial score (nSPS) is 15.0. The Morgan fingerprint density at radius 3 is 2.27 bits per heavy atom. The molecular formula is C21H25FN2O2. The summed E-state index contributed by atoms with van der Waals surface area (Å²) in [6.45, 7) is 5.04. The number of aryl methyl sites for hydroxylation is 1. The van der Waals surface area contributed by atoms with Crippen molar-refractivity contribution in [3.8, 4) is 0 Å². The molecule has 0 aliphatic carbocycles. The van der Waals surface area contributed by atoms with Crippen molar-refractivity contribution in [1.29, 1.82) is 0 Å². The molecule has 2 aromatic carbocycles. The highest BCUT2D eigenvalue weighted by Crippen LogP contribution is 2.10. The van der Waals surface area contributed by atoms with Crippen LogP contribution in [0.1, 0.15) is 23.1 Å². The average Bonchev–Trinajstić information content (AvgIpc) is 2.68. The van der Waals surface area contributed by atoms with E-state index in [4.69, 9.17) is 4.74 Å². The van der Waals surface area contributed by atoms with E-state index in [9.17, 15) is 9.18 Å². The molecule has 1 heterocycles. The van der Waals surface area contributed by atoms with Gasteiger partial charge in [0, 0.05) is 32.6 Å². The molecule has 1 N–H and O–H groups in total. The molecule has 1 saturated heterocycles. The van der Waals surface area contributed by atoms with E-state index in [0.717, 1.165) is 44.0 Å². The lowest BCUT2D eigenvalue weighted by molar-refractivity contribution is -0.121. The molecule has 3 rings (SSSR count). The van der Waals surface area contributed by atoms with Crippen molar-refractivity contribution < 1.29 is 13.9 Å². The van der Waals surface area contributed by atoms with E-state index < -0.39 is 0 Å². The van der Waals surface area contributed by atoms with Crippen LogP contribution in [0, 0.1) is 5.82 Å². The predicted molar refractivity (Wildman–Crippen MR) is 99.1 cm³/mol. The number of halogens is 1. The van der Waals surface area contributed by atoms with Gasteiger partial charge in [0.2, 0.25) is 5.91 Å². The SMILES string of the molecule is O=C(CCc1ccc(F)cc1)NCc1ccc(CN2CCOCC2)cc1. The minimum Gasteiger partial charge on any atom is -0.379 e. The van der Waals surface area contributed by atoms with Crippen LogP contribution in [0.25, 0.3) is 0 Å². The van der Waals surface area contributed by atoms with Crippen molar-refractivity contribution in [2.75, 3.05) is 26.3 Å². The highest BCUT2D eigenvalue weighted by molar-refractivity contribution is 5.76. The number of morpholine rings is 1. The zero-order chi connectivity index (χ0) is 18.2. The number of rotatable bonds is 7. The Kier molecular flexibility index (Phi) is 6.75. The van der Waals surface area contributed by atoms with Crippen molar-refractivity contribution in [3.63, 3.8) is 0 Å². The lowest BCUT2D eigenvalue weighted by Gasteiger charge is -2.26. The molecule has 1 aliphatic heterocycles. The van der Waals surface area contributed by atoms with Crippen LogP contribution in [0.15, 0.2) is 48.5 Å². The van der Waals surface area contributed by atoms with Gasteiger partial charge in [0.1, 0.15) is 5.82 Å². The maximum atomic E-state index is 12.9. The molecule has 5 heteroatoms. The van der Waals surface area contributed by atoms with E-state index in [2.05, 4.69) is 34.5 Å². The van der Waals surface area contributed by atoms with Gasteiger partial charge in [-0.15, -0.1) is 0 Å². The first-order valence-corrected chi connectivity index (χ1v) is 9.08. The van der Waals surface area contributed by atoms with E-state index in [1.54, 1.807) is 12.1 Å². The van der Waals surface area contributed by atoms with E-state index in [-0.39, 0.29) is 11.7 Å². The van der Waals surface area contributed by atoms with Crippen LogP contribution < -0.4 is 5.32 Å². The molecule has 0 saturated carbocycles. The van der Waals surface area contributed by atoms with E-state index in [1.165, 1.54) is 17.7 Å². The van der Waals surface area contributed by atoms with Crippen molar-refractivity contribution >= 4 is 5.91 Å². The minimum absolute atomic E-state index is 0.00622. The van der Waals surface area contributed by atoms with Crippen LogP contribution in [0.2, 0.25) is 0 Å². The number of nitrogens with zero attached hydrogens (tertiary/aromatic N) is 1. The van der Waals surface area contributed by atoms with Crippen LogP contribution in [0.5, 0.6) is 0 Å². The van der Waals surface area contributed by atoms with Crippen LogP contribution in [0.3, 0.4) is 0 Å². The molecule has 0 bridgehead atoms. The summed E-state index contributed by atoms with van der Waals surface area (Å²) in [5.41, 5.74) is 3.33. The van der Waals surface area contributed by atoms with Gasteiger partial charge in [-0.05, 0) is 35.2 Å². The smallest absolute Gasteiger partial charge is 0.220 e. The maximum absolute atomic E-state index is 12.9. The summed E-state index contributed by atoms with van der Waals surface area (Å²) in [5, 5.41) is 2.94. The van der Waals surface area contributed by atoms with Crippen molar-refractivity contribution in [3.05, 3.63) is 71.0 Å². The standard InChI is InChI=1S/C21H25FN2O2/c22-20-8-5-17(6-9-20)7-10-21(25)23-15-18-1-3-19(4-2-18)16-24-11-13-26-14-12-24/h1-6,8-9H,7,10-16H2,(H,23,25). The average molecular weight is 356 g/mol. The summed E-state index contributed by atoms with van der Waals surface area (Å²) < 4.78 is 18.2. The Bertz CT molecular complexity index is 695. The highest BCUT2D eigenvalue weighted by atomic mass is 19.1. The van der Waals surface area contributed by atoms with Gasteiger partial charge in [-0.3, -0.25) is 9.69 Å². The van der Waals surface area contributed by atoms with Crippen LogP contribution in [0.4, 0.5) is 4.39 Å². The third-order valence-corrected chi connectivity index (χ3v) is 4.58. The zero-order valence-electron chi connectivity index (χ0n) is 14.9. The summed E-state index contributed by atoms with van der Waals surface area (Å²) in [7, 11) is 0. The number of carbonyl (C=O) groups excluding carboxylic acids is 1. The zero-order valence-corrected chi connectivity index (χ0v) is 14.9. The molecule has 26 heavy (non-hydrogen) atoms. The molecule has 0 radical (unpaired) electrons. The van der Waals surface area contributed by atoms with Crippen LogP contribution in [-0.4, -0.2) is 37.1 Å². The summed E-state index contributed by atoms with van der Waals surface area (Å²) in [6, 6.07) is 14.7. The molecular weight excluding hydrogens is 331 g/mol. The van der Waals surface area contributed by atoms with Gasteiger partial charge in [0.25, 0.3) is 0 Å². The number of hydrogen-bond donors (Lipinski definition) is 1. The van der Waals surface area contributed by atoms with Crippen molar-refractivity contribution in [2.24, 2.45) is 0 Å². The molecule has 0 aromatic heterocycles. The molecule has 0 unspecified atom stereocenters. The van der Waals surface area contributed by atoms with Gasteiger partial charge in [-0.2, -0.15) is 0 Å². The second kappa shape index (κ2) is 9.46. The van der Waals surface area contributed by atoms with Gasteiger partial charge >= 0.3 is 0 Å². The van der Waals surface area contributed by atoms with Gasteiger partial charge in [0.15, 0.2) is 0 Å². The third kappa shape index (κ3) is 5.93. The topological polar surface area (TPSA) is 41.6 Å². The van der Waals surface area contributed by atoms with Gasteiger partial charge in [0.05, 0.1) is 13.2 Å². The number of ether oxygens (including phenoxy) is 1. The minimum atomic E-state index is -0.254. The van der Waals surface area contributed by atoms with Gasteiger partial charge < -0.3 is 10.1 Å². The number of hydrogen-bond acceptors (Lipinski definition) is 3. The number of benzene rings is 2. The summed E-state index contributed by atoms with van der Waals surface area (Å²) >= 11 is 0. The first kappa shape index (κ1) is 18.5. The number of carbonyl (C=O) groups is 1. The van der Waals surface area contributed by atoms with Gasteiger partial charge in [-0.25, -0.2) is 4.39 Å². The molecule has 1 amide bonds. The third-order valence-electron chi connectivity index (χ3n) is 4.58. The lowest BCUT2D eigenvalue weighted by atomic mass is 10.1. The second-order valence-electron chi connectivity index (χ2n) is 6.61. The van der Waals surface area contributed by atoms with E-state index >= 15 is 0 Å². The maximum Gasteiger partial charge on any atom is 0.220 e. The second-order valence-corrected chi connectivity index (χ2v) is 6.61. The Hall–Kier alpha value is -2.24. The Balaban J connectivity index is 1.39. The number of amides is 1. The summed E-state index contributed by atoms with van der Waals surface area (Å²) in [5.74, 6) is -0.248. The van der Waals surface area contributed by atoms with Crippen molar-refractivity contribution in [2.45, 2.75) is 25.9 Å². The molecule has 0 atom stereocenters. The predicted octanol–water partition coefficient (Wildman–Crippen LogP) is 2.91. The molecule has 1 fully saturated rings. The van der Waals surface area contributed by atoms with Crippen LogP contribution in [-0.2, 0) is 29.0 Å². The van der Waals surface area contributed by atoms with Crippen LogP contribution >= 0.6 is 0 Å². The molecule has 0 spiro atoms. The van der Waals surface area contributed by atoms with E-state index in [0.29, 0.717) is 19.4 Å². The highest BCUT2D eigenvalue weighted by Gasteiger charge is 2.10. The first-order chi connectivity index (χ1) is 12.7. The fourth-order valence-corrected chi connectivity index (χ4v) is 2.98. The largest absolute Gasteiger partial charge is 0.379 e. The Morgan fingerprint density at radius 2 is 1.58 bits per heavy atom. The summed E-state index contributed by atoms with van der Waals surface area (Å²) in [6.07, 6.45) is 1.02. The molecule has 4 nitrogen and oxygen atoms in total. The lowest BCUT2D eigenvalue weighted by Crippen LogP contribution is -2.35. The summed E-state index contributed by atoms with van der Waals surface area (Å²) in [4.78, 5) is 14.4.